The number of benzene rings is 4. The van der Waals surface area contributed by atoms with E-state index >= 15 is 0 Å². The zero-order valence-corrected chi connectivity index (χ0v) is 29.6. The van der Waals surface area contributed by atoms with E-state index in [2.05, 4.69) is 35.1 Å². The second-order valence-corrected chi connectivity index (χ2v) is 17.8. The van der Waals surface area contributed by atoms with Crippen molar-refractivity contribution in [2.75, 3.05) is 30.3 Å². The lowest BCUT2D eigenvalue weighted by Gasteiger charge is -2.22. The quantitative estimate of drug-likeness (QED) is 0.177. The Labute approximate surface area is 292 Å². The number of hydrogen-bond acceptors (Lipinski definition) is 8. The summed E-state index contributed by atoms with van der Waals surface area (Å²) < 4.78 is 77.8. The van der Waals surface area contributed by atoms with Crippen LogP contribution in [-0.4, -0.2) is 54.6 Å². The summed E-state index contributed by atoms with van der Waals surface area (Å²) in [6.07, 6.45) is 3.01. The molecule has 0 saturated carbocycles. The van der Waals surface area contributed by atoms with Gasteiger partial charge in [0.2, 0.25) is 19.7 Å². The first kappa shape index (κ1) is 34.6. The highest BCUT2D eigenvalue weighted by Crippen LogP contribution is 2.44. The van der Waals surface area contributed by atoms with E-state index in [0.717, 1.165) is 61.4 Å². The van der Waals surface area contributed by atoms with E-state index in [0.29, 0.717) is 35.9 Å². The maximum absolute atomic E-state index is 13.1. The fourth-order valence-corrected chi connectivity index (χ4v) is 10.6. The van der Waals surface area contributed by atoms with Crippen LogP contribution in [0.1, 0.15) is 56.1 Å². The molecule has 4 N–H and O–H groups in total. The highest BCUT2D eigenvalue weighted by Gasteiger charge is 2.38. The molecule has 50 heavy (non-hydrogen) atoms. The Morgan fingerprint density at radius 3 is 1.72 bits per heavy atom. The Kier molecular flexibility index (Phi) is 9.48. The maximum atomic E-state index is 13.1. The Morgan fingerprint density at radius 1 is 0.620 bits per heavy atom. The number of fused-ring (bicyclic) bond motifs is 6. The van der Waals surface area contributed by atoms with E-state index in [1.54, 1.807) is 24.3 Å². The van der Waals surface area contributed by atoms with Crippen LogP contribution in [0.15, 0.2) is 105 Å². The molecule has 4 aliphatic rings. The van der Waals surface area contributed by atoms with Crippen molar-refractivity contribution in [1.29, 1.82) is 0 Å². The summed E-state index contributed by atoms with van der Waals surface area (Å²) in [6, 6.07) is 21.6. The summed E-state index contributed by atoms with van der Waals surface area (Å²) in [6.45, 7) is 7.22. The molecule has 4 aromatic carbocycles. The van der Waals surface area contributed by atoms with Gasteiger partial charge >= 0.3 is 0 Å². The number of rotatable bonds is 4. The molecule has 8 nitrogen and oxygen atoms in total. The van der Waals surface area contributed by atoms with Crippen molar-refractivity contribution in [3.05, 3.63) is 108 Å². The van der Waals surface area contributed by atoms with Gasteiger partial charge in [-0.2, -0.15) is 0 Å². The van der Waals surface area contributed by atoms with Crippen molar-refractivity contribution in [1.82, 2.24) is 10.6 Å². The van der Waals surface area contributed by atoms with Crippen molar-refractivity contribution in [3.8, 4) is 0 Å². The Morgan fingerprint density at radius 2 is 1.12 bits per heavy atom. The Balaban J connectivity index is 0.000000157. The minimum Gasteiger partial charge on any atom is -0.381 e. The van der Waals surface area contributed by atoms with Crippen molar-refractivity contribution in [2.24, 2.45) is 5.92 Å². The van der Waals surface area contributed by atoms with Gasteiger partial charge in [-0.3, -0.25) is 0 Å². The predicted molar refractivity (Wildman–Crippen MR) is 190 cm³/mol. The van der Waals surface area contributed by atoms with Crippen LogP contribution < -0.4 is 21.3 Å². The Hall–Kier alpha value is -3.84. The molecule has 264 valence electrons. The molecule has 0 amide bonds. The number of anilines is 2. The maximum Gasteiger partial charge on any atom is 0.206 e. The molecule has 0 bridgehead atoms. The summed E-state index contributed by atoms with van der Waals surface area (Å²) in [5, 5.41) is 14.0. The van der Waals surface area contributed by atoms with Crippen LogP contribution in [0.25, 0.3) is 0 Å². The first-order valence-corrected chi connectivity index (χ1v) is 20.1. The second-order valence-electron chi connectivity index (χ2n) is 13.9. The molecule has 8 rings (SSSR count). The molecule has 0 radical (unpaired) electrons. The highest BCUT2D eigenvalue weighted by molar-refractivity contribution is 7.91. The van der Waals surface area contributed by atoms with E-state index in [-0.39, 0.29) is 19.6 Å². The third-order valence-electron chi connectivity index (χ3n) is 10.5. The molecular formula is C38H42F2N4O4S2. The third kappa shape index (κ3) is 6.66. The lowest BCUT2D eigenvalue weighted by Crippen LogP contribution is -2.25. The van der Waals surface area contributed by atoms with Crippen LogP contribution in [0.4, 0.5) is 20.2 Å². The topological polar surface area (TPSA) is 116 Å². The van der Waals surface area contributed by atoms with E-state index < -0.39 is 31.3 Å². The average molecular weight is 721 g/mol. The second kappa shape index (κ2) is 13.7. The largest absolute Gasteiger partial charge is 0.381 e. The number of hydrogen-bond donors (Lipinski definition) is 4. The summed E-state index contributed by atoms with van der Waals surface area (Å²) in [5.41, 5.74) is 4.21. The molecular weight excluding hydrogens is 679 g/mol. The van der Waals surface area contributed by atoms with Crippen molar-refractivity contribution in [3.63, 3.8) is 0 Å². The summed E-state index contributed by atoms with van der Waals surface area (Å²) in [5.74, 6) is 0.140. The van der Waals surface area contributed by atoms with E-state index in [4.69, 9.17) is 0 Å². The van der Waals surface area contributed by atoms with E-state index in [1.807, 2.05) is 12.1 Å². The minimum atomic E-state index is -3.65. The lowest BCUT2D eigenvalue weighted by atomic mass is 9.84. The van der Waals surface area contributed by atoms with Crippen molar-refractivity contribution >= 4 is 31.0 Å². The van der Waals surface area contributed by atoms with Gasteiger partial charge in [0, 0.05) is 41.3 Å². The molecule has 0 spiro atoms. The first-order valence-electron chi connectivity index (χ1n) is 17.2. The van der Waals surface area contributed by atoms with Crippen LogP contribution in [0, 0.1) is 17.6 Å². The lowest BCUT2D eigenvalue weighted by molar-refractivity contribution is 0.443. The summed E-state index contributed by atoms with van der Waals surface area (Å²) >= 11 is 0. The molecule has 4 heterocycles. The third-order valence-corrected chi connectivity index (χ3v) is 14.1. The number of nitrogens with one attached hydrogen (secondary N) is 4. The molecule has 4 aliphatic heterocycles. The zero-order chi connectivity index (χ0) is 35.2. The average Bonchev–Trinajstić information content (AvgIpc) is 3.49. The predicted octanol–water partition coefficient (Wildman–Crippen LogP) is 6.47. The Bertz CT molecular complexity index is 2090. The van der Waals surface area contributed by atoms with Crippen LogP contribution in [-0.2, 0) is 19.7 Å². The molecule has 4 aromatic rings. The van der Waals surface area contributed by atoms with Crippen LogP contribution in [0.2, 0.25) is 0 Å². The molecule has 2 unspecified atom stereocenters. The summed E-state index contributed by atoms with van der Waals surface area (Å²) in [7, 11) is -7.30. The van der Waals surface area contributed by atoms with Crippen LogP contribution in [0.5, 0.6) is 0 Å². The minimum absolute atomic E-state index is 0.118. The molecule has 0 aliphatic carbocycles. The van der Waals surface area contributed by atoms with Gasteiger partial charge in [0.1, 0.15) is 11.6 Å². The van der Waals surface area contributed by atoms with Crippen LogP contribution in [0.3, 0.4) is 0 Å². The van der Waals surface area contributed by atoms with Gasteiger partial charge in [-0.25, -0.2) is 25.6 Å². The fourth-order valence-electron chi connectivity index (χ4n) is 7.97. The molecule has 6 atom stereocenters. The number of halogens is 2. The fraction of sp³-hybridized carbons (Fsp3) is 0.368. The van der Waals surface area contributed by atoms with E-state index in [1.165, 1.54) is 48.5 Å². The monoisotopic (exact) mass is 720 g/mol. The van der Waals surface area contributed by atoms with Gasteiger partial charge in [-0.1, -0.05) is 6.92 Å². The molecule has 2 fully saturated rings. The van der Waals surface area contributed by atoms with Crippen molar-refractivity contribution < 1.29 is 25.6 Å². The standard InChI is InChI=1S/2C19H21FN2O2S/c1-12-11-21-9-8-18-19(12)16-10-15(6-7-17(16)22-18)25(23,24)14-4-2-13(20)3-5-14;1-12-10-16-17-11-15(6-7-18(17)22-19(16)8-9-21-12)25(23,24)14-4-2-13(20)3-5-14/h2-7,10,12,18-19,21-22H,8-9,11H2,1H3;2-7,11-12,16,19,21-22H,8-10H2,1H3/t12?,18-,19+;12?,16-,19+/m10/s1. The summed E-state index contributed by atoms with van der Waals surface area (Å²) in [4.78, 5) is 0.772. The smallest absolute Gasteiger partial charge is 0.206 e. The molecule has 0 aromatic heterocycles. The highest BCUT2D eigenvalue weighted by atomic mass is 32.2. The number of sulfone groups is 2. The normalized spacial score (nSPS) is 25.6. The zero-order valence-electron chi connectivity index (χ0n) is 28.0. The first-order chi connectivity index (χ1) is 23.9. The van der Waals surface area contributed by atoms with E-state index in [9.17, 15) is 25.6 Å². The van der Waals surface area contributed by atoms with Gasteiger partial charge in [0.05, 0.1) is 19.6 Å². The van der Waals surface area contributed by atoms with Gasteiger partial charge in [0.15, 0.2) is 0 Å². The van der Waals surface area contributed by atoms with Gasteiger partial charge in [0.25, 0.3) is 0 Å². The molecule has 12 heteroatoms. The van der Waals surface area contributed by atoms with Gasteiger partial charge in [-0.15, -0.1) is 0 Å². The van der Waals surface area contributed by atoms with Gasteiger partial charge in [-0.05, 0) is 148 Å². The van der Waals surface area contributed by atoms with Gasteiger partial charge < -0.3 is 21.3 Å². The SMILES string of the molecule is CC1CNCC[C@H]2Nc3ccc(S(=O)(=O)c4ccc(F)cc4)cc3[C@H]12.CC1C[C@H]2c3cc(S(=O)(=O)c4ccc(F)cc4)ccc3N[C@@H]2CCN1. The molecule has 2 saturated heterocycles. The van der Waals surface area contributed by atoms with Crippen LogP contribution >= 0.6 is 0 Å². The van der Waals surface area contributed by atoms with Crippen molar-refractivity contribution in [2.45, 2.75) is 82.7 Å².